The molecule has 2 aromatic heterocycles. The molecule has 0 spiro atoms. The van der Waals surface area contributed by atoms with Gasteiger partial charge in [0, 0.05) is 19.2 Å². The predicted octanol–water partition coefficient (Wildman–Crippen LogP) is 0.978. The summed E-state index contributed by atoms with van der Waals surface area (Å²) in [6.07, 6.45) is 1.61. The van der Waals surface area contributed by atoms with E-state index in [9.17, 15) is 0 Å². The van der Waals surface area contributed by atoms with E-state index in [1.165, 1.54) is 0 Å². The Hall–Kier alpha value is -1.69. The number of aromatic nitrogens is 4. The lowest BCUT2D eigenvalue weighted by Crippen LogP contribution is -2.01. The normalized spacial score (nSPS) is 11.1. The first-order chi connectivity index (χ1) is 8.13. The van der Waals surface area contributed by atoms with E-state index in [-0.39, 0.29) is 0 Å². The van der Waals surface area contributed by atoms with E-state index in [1.807, 2.05) is 25.6 Å². The Morgan fingerprint density at radius 1 is 1.35 bits per heavy atom. The molecule has 0 saturated heterocycles. The van der Waals surface area contributed by atoms with Crippen LogP contribution in [-0.2, 0) is 13.5 Å². The van der Waals surface area contributed by atoms with Crippen molar-refractivity contribution >= 4 is 0 Å². The lowest BCUT2D eigenvalue weighted by atomic mass is 10.2. The molecule has 0 aromatic carbocycles. The van der Waals surface area contributed by atoms with Gasteiger partial charge in [0.15, 0.2) is 5.82 Å². The number of nitrogens with two attached hydrogens (primary N) is 1. The van der Waals surface area contributed by atoms with Gasteiger partial charge >= 0.3 is 0 Å². The molecule has 0 atom stereocenters. The van der Waals surface area contributed by atoms with E-state index < -0.39 is 0 Å². The monoisotopic (exact) mass is 235 g/mol. The van der Waals surface area contributed by atoms with E-state index in [2.05, 4.69) is 15.2 Å². The van der Waals surface area contributed by atoms with Gasteiger partial charge in [0.1, 0.15) is 0 Å². The number of nitrogens with zero attached hydrogens (tertiary/aromatic N) is 4. The molecule has 17 heavy (non-hydrogen) atoms. The molecule has 0 radical (unpaired) electrons. The Labute approximate surface area is 99.8 Å². The second-order valence-electron chi connectivity index (χ2n) is 4.08. The number of hydrogen-bond donors (Lipinski definition) is 1. The van der Waals surface area contributed by atoms with Crippen molar-refractivity contribution in [2.45, 2.75) is 26.7 Å². The molecule has 6 heteroatoms. The highest BCUT2D eigenvalue weighted by molar-refractivity contribution is 5.59. The molecule has 6 nitrogen and oxygen atoms in total. The van der Waals surface area contributed by atoms with Crippen LogP contribution in [0.2, 0.25) is 0 Å². The summed E-state index contributed by atoms with van der Waals surface area (Å²) in [7, 11) is 1.90. The van der Waals surface area contributed by atoms with Crippen LogP contribution in [0.4, 0.5) is 0 Å². The molecule has 0 aliphatic heterocycles. The Morgan fingerprint density at radius 2 is 2.12 bits per heavy atom. The zero-order chi connectivity index (χ0) is 12.4. The van der Waals surface area contributed by atoms with Crippen LogP contribution in [0.25, 0.3) is 11.5 Å². The SMILES string of the molecule is Cc1nn(C)c(C)c1-c1nc(CCCN)no1. The van der Waals surface area contributed by atoms with Gasteiger partial charge in [0.05, 0.1) is 11.3 Å². The molecule has 2 aromatic rings. The fourth-order valence-electron chi connectivity index (χ4n) is 1.80. The Kier molecular flexibility index (Phi) is 3.23. The fourth-order valence-corrected chi connectivity index (χ4v) is 1.80. The predicted molar refractivity (Wildman–Crippen MR) is 63.3 cm³/mol. The highest BCUT2D eigenvalue weighted by atomic mass is 16.5. The highest BCUT2D eigenvalue weighted by Crippen LogP contribution is 2.24. The summed E-state index contributed by atoms with van der Waals surface area (Å²) in [5, 5.41) is 8.27. The van der Waals surface area contributed by atoms with Crippen molar-refractivity contribution in [3.63, 3.8) is 0 Å². The van der Waals surface area contributed by atoms with Crippen molar-refractivity contribution in [2.24, 2.45) is 12.8 Å². The number of hydrogen-bond acceptors (Lipinski definition) is 5. The number of rotatable bonds is 4. The van der Waals surface area contributed by atoms with E-state index >= 15 is 0 Å². The lowest BCUT2D eigenvalue weighted by molar-refractivity contribution is 0.421. The van der Waals surface area contributed by atoms with E-state index in [4.69, 9.17) is 10.3 Å². The molecular formula is C11H17N5O. The second kappa shape index (κ2) is 4.67. The van der Waals surface area contributed by atoms with Gasteiger partial charge in [-0.1, -0.05) is 5.16 Å². The van der Waals surface area contributed by atoms with Gasteiger partial charge in [-0.25, -0.2) is 0 Å². The molecule has 0 unspecified atom stereocenters. The van der Waals surface area contributed by atoms with Crippen LogP contribution in [0.15, 0.2) is 4.52 Å². The summed E-state index contributed by atoms with van der Waals surface area (Å²) in [4.78, 5) is 4.37. The molecule has 0 amide bonds. The zero-order valence-corrected chi connectivity index (χ0v) is 10.4. The van der Waals surface area contributed by atoms with E-state index in [1.54, 1.807) is 0 Å². The molecule has 2 rings (SSSR count). The van der Waals surface area contributed by atoms with Crippen LogP contribution in [0, 0.1) is 13.8 Å². The van der Waals surface area contributed by atoms with Crippen LogP contribution in [0.1, 0.15) is 23.6 Å². The first-order valence-electron chi connectivity index (χ1n) is 5.66. The average molecular weight is 235 g/mol. The molecule has 0 aliphatic carbocycles. The largest absolute Gasteiger partial charge is 0.334 e. The van der Waals surface area contributed by atoms with Gasteiger partial charge in [-0.3, -0.25) is 4.68 Å². The van der Waals surface area contributed by atoms with Gasteiger partial charge in [0.2, 0.25) is 0 Å². The Bertz CT molecular complexity index is 514. The second-order valence-corrected chi connectivity index (χ2v) is 4.08. The molecule has 0 saturated carbocycles. The van der Waals surface area contributed by atoms with Crippen molar-refractivity contribution in [2.75, 3.05) is 6.54 Å². The van der Waals surface area contributed by atoms with Gasteiger partial charge in [-0.15, -0.1) is 0 Å². The molecule has 2 heterocycles. The fraction of sp³-hybridized carbons (Fsp3) is 0.545. The van der Waals surface area contributed by atoms with Crippen LogP contribution in [0.5, 0.6) is 0 Å². The van der Waals surface area contributed by atoms with Crippen molar-refractivity contribution in [1.29, 1.82) is 0 Å². The van der Waals surface area contributed by atoms with Crippen LogP contribution >= 0.6 is 0 Å². The molecule has 92 valence electrons. The molecular weight excluding hydrogens is 218 g/mol. The minimum atomic E-state index is 0.542. The number of aryl methyl sites for hydroxylation is 3. The van der Waals surface area contributed by atoms with Gasteiger partial charge in [-0.2, -0.15) is 10.1 Å². The smallest absolute Gasteiger partial charge is 0.261 e. The summed E-state index contributed by atoms with van der Waals surface area (Å²) in [6, 6.07) is 0. The summed E-state index contributed by atoms with van der Waals surface area (Å²) >= 11 is 0. The average Bonchev–Trinajstić information content (AvgIpc) is 2.83. The maximum atomic E-state index is 5.45. The molecule has 0 bridgehead atoms. The van der Waals surface area contributed by atoms with Crippen molar-refractivity contribution in [3.05, 3.63) is 17.2 Å². The van der Waals surface area contributed by atoms with Crippen LogP contribution < -0.4 is 5.73 Å². The standard InChI is InChI=1S/C11H17N5O/c1-7-10(8(2)16(3)14-7)11-13-9(15-17-11)5-4-6-12/h4-6,12H2,1-3H3. The van der Waals surface area contributed by atoms with E-state index in [0.717, 1.165) is 29.8 Å². The third-order valence-electron chi connectivity index (χ3n) is 2.80. The van der Waals surface area contributed by atoms with Crippen LogP contribution in [0.3, 0.4) is 0 Å². The first kappa shape index (κ1) is 11.8. The summed E-state index contributed by atoms with van der Waals surface area (Å²) < 4.78 is 7.08. The van der Waals surface area contributed by atoms with Gasteiger partial charge in [0.25, 0.3) is 5.89 Å². The van der Waals surface area contributed by atoms with E-state index in [0.29, 0.717) is 18.3 Å². The topological polar surface area (TPSA) is 82.8 Å². The maximum absolute atomic E-state index is 5.45. The molecule has 0 fully saturated rings. The molecule has 2 N–H and O–H groups in total. The molecule has 0 aliphatic rings. The maximum Gasteiger partial charge on any atom is 0.261 e. The minimum Gasteiger partial charge on any atom is -0.334 e. The summed E-state index contributed by atoms with van der Waals surface area (Å²) in [5.41, 5.74) is 8.30. The summed E-state index contributed by atoms with van der Waals surface area (Å²) in [6.45, 7) is 4.56. The quantitative estimate of drug-likeness (QED) is 0.854. The lowest BCUT2D eigenvalue weighted by Gasteiger charge is -1.94. The third-order valence-corrected chi connectivity index (χ3v) is 2.80. The first-order valence-corrected chi connectivity index (χ1v) is 5.66. The van der Waals surface area contributed by atoms with Gasteiger partial charge in [-0.05, 0) is 26.8 Å². The van der Waals surface area contributed by atoms with Crippen molar-refractivity contribution < 1.29 is 4.52 Å². The minimum absolute atomic E-state index is 0.542. The summed E-state index contributed by atoms with van der Waals surface area (Å²) in [5.74, 6) is 1.24. The van der Waals surface area contributed by atoms with Crippen molar-refractivity contribution in [1.82, 2.24) is 19.9 Å². The van der Waals surface area contributed by atoms with Crippen molar-refractivity contribution in [3.8, 4) is 11.5 Å². The van der Waals surface area contributed by atoms with Gasteiger partial charge < -0.3 is 10.3 Å². The third kappa shape index (κ3) is 2.21. The highest BCUT2D eigenvalue weighted by Gasteiger charge is 2.17. The van der Waals surface area contributed by atoms with Crippen LogP contribution in [-0.4, -0.2) is 26.5 Å². The zero-order valence-electron chi connectivity index (χ0n) is 10.4. The Morgan fingerprint density at radius 3 is 2.71 bits per heavy atom. The Balaban J connectivity index is 2.30.